The van der Waals surface area contributed by atoms with Crippen LogP contribution < -0.4 is 0 Å². The molecule has 0 N–H and O–H groups in total. The summed E-state index contributed by atoms with van der Waals surface area (Å²) in [6.45, 7) is 3.89. The Bertz CT molecular complexity index is 558. The standard InChI is InChI=1S/C14H13N/c1-2-15-13-9-5-3-7-11(13)12-8-4-6-10-14(12)15/h2-3,5-7,9-10H,1,4,8H2. The Balaban J connectivity index is 2.49. The minimum atomic E-state index is 1.15. The molecule has 0 fully saturated rings. The van der Waals surface area contributed by atoms with Gasteiger partial charge in [-0.2, -0.15) is 0 Å². The van der Waals surface area contributed by atoms with E-state index in [4.69, 9.17) is 0 Å². The highest BCUT2D eigenvalue weighted by atomic mass is 15.0. The number of benzene rings is 1. The van der Waals surface area contributed by atoms with Crippen molar-refractivity contribution < 1.29 is 0 Å². The van der Waals surface area contributed by atoms with E-state index in [1.165, 1.54) is 22.2 Å². The second-order valence-electron chi connectivity index (χ2n) is 3.87. The number of allylic oxidation sites excluding steroid dienone is 1. The molecule has 0 radical (unpaired) electrons. The molecule has 1 heteroatoms. The van der Waals surface area contributed by atoms with Crippen LogP contribution in [0.5, 0.6) is 0 Å². The van der Waals surface area contributed by atoms with E-state index >= 15 is 0 Å². The van der Waals surface area contributed by atoms with Crippen molar-refractivity contribution in [2.45, 2.75) is 12.8 Å². The van der Waals surface area contributed by atoms with E-state index in [2.05, 4.69) is 47.6 Å². The molecule has 1 nitrogen and oxygen atoms in total. The first kappa shape index (κ1) is 8.54. The van der Waals surface area contributed by atoms with Crippen LogP contribution in [0.4, 0.5) is 0 Å². The minimum Gasteiger partial charge on any atom is -0.317 e. The number of nitrogens with zero attached hydrogens (tertiary/aromatic N) is 1. The lowest BCUT2D eigenvalue weighted by atomic mass is 10.0. The highest BCUT2D eigenvalue weighted by molar-refractivity contribution is 5.90. The van der Waals surface area contributed by atoms with E-state index in [9.17, 15) is 0 Å². The molecule has 1 aromatic heterocycles. The van der Waals surface area contributed by atoms with Crippen LogP contribution in [0.15, 0.2) is 36.9 Å². The van der Waals surface area contributed by atoms with E-state index in [0.717, 1.165) is 12.8 Å². The minimum absolute atomic E-state index is 1.15. The van der Waals surface area contributed by atoms with Crippen molar-refractivity contribution >= 4 is 23.2 Å². The quantitative estimate of drug-likeness (QED) is 0.653. The topological polar surface area (TPSA) is 4.93 Å². The van der Waals surface area contributed by atoms with Gasteiger partial charge in [-0.05, 0) is 30.5 Å². The predicted octanol–water partition coefficient (Wildman–Crippen LogP) is 3.70. The average Bonchev–Trinajstić information content (AvgIpc) is 2.63. The monoisotopic (exact) mass is 195 g/mol. The maximum Gasteiger partial charge on any atom is 0.0531 e. The van der Waals surface area contributed by atoms with E-state index in [1.54, 1.807) is 0 Å². The summed E-state index contributed by atoms with van der Waals surface area (Å²) in [4.78, 5) is 0. The van der Waals surface area contributed by atoms with E-state index in [0.29, 0.717) is 0 Å². The van der Waals surface area contributed by atoms with E-state index in [-0.39, 0.29) is 0 Å². The summed E-state index contributed by atoms with van der Waals surface area (Å²) < 4.78 is 2.18. The van der Waals surface area contributed by atoms with Crippen LogP contribution in [-0.2, 0) is 6.42 Å². The van der Waals surface area contributed by atoms with Crippen LogP contribution in [0.1, 0.15) is 17.7 Å². The third-order valence-electron chi connectivity index (χ3n) is 3.08. The molecule has 3 rings (SSSR count). The first-order chi connectivity index (χ1) is 7.42. The highest BCUT2D eigenvalue weighted by Crippen LogP contribution is 2.31. The number of aromatic nitrogens is 1. The zero-order valence-corrected chi connectivity index (χ0v) is 8.61. The van der Waals surface area contributed by atoms with Gasteiger partial charge >= 0.3 is 0 Å². The van der Waals surface area contributed by atoms with Crippen molar-refractivity contribution in [3.63, 3.8) is 0 Å². The average molecular weight is 195 g/mol. The summed E-state index contributed by atoms with van der Waals surface area (Å²) in [5.74, 6) is 0. The molecule has 0 saturated carbocycles. The van der Waals surface area contributed by atoms with Crippen molar-refractivity contribution in [2.75, 3.05) is 0 Å². The van der Waals surface area contributed by atoms with Crippen LogP contribution >= 0.6 is 0 Å². The molecule has 74 valence electrons. The number of para-hydroxylation sites is 1. The van der Waals surface area contributed by atoms with Crippen LogP contribution in [0, 0.1) is 0 Å². The van der Waals surface area contributed by atoms with Crippen LogP contribution in [-0.4, -0.2) is 4.57 Å². The molecule has 0 atom stereocenters. The fourth-order valence-electron chi connectivity index (χ4n) is 2.42. The molecule has 1 aliphatic rings. The fraction of sp³-hybridized carbons (Fsp3) is 0.143. The summed E-state index contributed by atoms with van der Waals surface area (Å²) in [6, 6.07) is 8.54. The number of hydrogen-bond acceptors (Lipinski definition) is 0. The molecule has 2 aromatic rings. The third kappa shape index (κ3) is 1.09. The number of rotatable bonds is 1. The summed E-state index contributed by atoms with van der Waals surface area (Å²) >= 11 is 0. The Hall–Kier alpha value is -1.76. The summed E-state index contributed by atoms with van der Waals surface area (Å²) in [5.41, 5.74) is 4.04. The second kappa shape index (κ2) is 3.13. The Morgan fingerprint density at radius 2 is 2.13 bits per heavy atom. The number of hydrogen-bond donors (Lipinski definition) is 0. The van der Waals surface area contributed by atoms with Crippen LogP contribution in [0.25, 0.3) is 23.2 Å². The Labute approximate surface area is 89.3 Å². The molecule has 15 heavy (non-hydrogen) atoms. The van der Waals surface area contributed by atoms with Gasteiger partial charge in [0.1, 0.15) is 0 Å². The van der Waals surface area contributed by atoms with Crippen molar-refractivity contribution in [3.8, 4) is 0 Å². The van der Waals surface area contributed by atoms with Gasteiger partial charge in [0.05, 0.1) is 5.52 Å². The lowest BCUT2D eigenvalue weighted by Crippen LogP contribution is -1.95. The number of aryl methyl sites for hydroxylation is 1. The predicted molar refractivity (Wildman–Crippen MR) is 65.7 cm³/mol. The van der Waals surface area contributed by atoms with E-state index in [1.807, 2.05) is 6.20 Å². The molecule has 0 amide bonds. The van der Waals surface area contributed by atoms with Crippen molar-refractivity contribution in [3.05, 3.63) is 48.2 Å². The van der Waals surface area contributed by atoms with Gasteiger partial charge in [-0.15, -0.1) is 0 Å². The smallest absolute Gasteiger partial charge is 0.0531 e. The van der Waals surface area contributed by atoms with Gasteiger partial charge in [0.15, 0.2) is 0 Å². The van der Waals surface area contributed by atoms with Crippen LogP contribution in [0.3, 0.4) is 0 Å². The fourth-order valence-corrected chi connectivity index (χ4v) is 2.42. The van der Waals surface area contributed by atoms with Crippen molar-refractivity contribution in [1.82, 2.24) is 4.57 Å². The molecule has 0 saturated heterocycles. The summed E-state index contributed by atoms with van der Waals surface area (Å²) in [6.07, 6.45) is 8.64. The number of fused-ring (bicyclic) bond motifs is 3. The molecule has 1 heterocycles. The van der Waals surface area contributed by atoms with Gasteiger partial charge in [0, 0.05) is 17.3 Å². The zero-order chi connectivity index (χ0) is 10.3. The van der Waals surface area contributed by atoms with Gasteiger partial charge < -0.3 is 4.57 Å². The molecule has 1 aromatic carbocycles. The lowest BCUT2D eigenvalue weighted by Gasteiger charge is -2.07. The summed E-state index contributed by atoms with van der Waals surface area (Å²) in [5, 5.41) is 1.37. The molecule has 0 unspecified atom stereocenters. The largest absolute Gasteiger partial charge is 0.317 e. The van der Waals surface area contributed by atoms with E-state index < -0.39 is 0 Å². The van der Waals surface area contributed by atoms with Gasteiger partial charge in [-0.1, -0.05) is 30.9 Å². The molecule has 0 aliphatic heterocycles. The van der Waals surface area contributed by atoms with Crippen molar-refractivity contribution in [1.29, 1.82) is 0 Å². The molecule has 0 bridgehead atoms. The maximum absolute atomic E-state index is 3.89. The lowest BCUT2D eigenvalue weighted by molar-refractivity contribution is 0.979. The third-order valence-corrected chi connectivity index (χ3v) is 3.08. The maximum atomic E-state index is 3.89. The normalized spacial score (nSPS) is 14.1. The SMILES string of the molecule is C=Cn1c2c(c3ccccc31)CCC=C2. The van der Waals surface area contributed by atoms with Gasteiger partial charge in [-0.3, -0.25) is 0 Å². The van der Waals surface area contributed by atoms with Crippen molar-refractivity contribution in [2.24, 2.45) is 0 Å². The van der Waals surface area contributed by atoms with Gasteiger partial charge in [0.25, 0.3) is 0 Å². The summed E-state index contributed by atoms with van der Waals surface area (Å²) in [7, 11) is 0. The first-order valence-electron chi connectivity index (χ1n) is 5.32. The highest BCUT2D eigenvalue weighted by Gasteiger charge is 2.14. The first-order valence-corrected chi connectivity index (χ1v) is 5.32. The zero-order valence-electron chi connectivity index (χ0n) is 8.61. The molecule has 0 spiro atoms. The molecular formula is C14H13N. The Morgan fingerprint density at radius 1 is 1.27 bits per heavy atom. The van der Waals surface area contributed by atoms with Gasteiger partial charge in [-0.25, -0.2) is 0 Å². The molecule has 1 aliphatic carbocycles. The Morgan fingerprint density at radius 3 is 3.00 bits per heavy atom. The Kier molecular flexibility index (Phi) is 1.78. The van der Waals surface area contributed by atoms with Gasteiger partial charge in [0.2, 0.25) is 0 Å². The second-order valence-corrected chi connectivity index (χ2v) is 3.87. The van der Waals surface area contributed by atoms with Crippen LogP contribution in [0.2, 0.25) is 0 Å². The molecular weight excluding hydrogens is 182 g/mol.